The Morgan fingerprint density at radius 3 is 2.17 bits per heavy atom. The highest BCUT2D eigenvalue weighted by Crippen LogP contribution is 2.19. The molecule has 0 aliphatic heterocycles. The fourth-order valence-corrected chi connectivity index (χ4v) is 2.08. The van der Waals surface area contributed by atoms with Crippen LogP contribution in [-0.4, -0.2) is 5.78 Å². The first-order valence-corrected chi connectivity index (χ1v) is 6.01. The third-order valence-corrected chi connectivity index (χ3v) is 2.99. The van der Waals surface area contributed by atoms with Crippen LogP contribution in [0, 0.1) is 21.0 Å². The van der Waals surface area contributed by atoms with Gasteiger partial charge in [-0.2, -0.15) is 0 Å². The summed E-state index contributed by atoms with van der Waals surface area (Å²) in [6.07, 6.45) is 0. The van der Waals surface area contributed by atoms with E-state index in [1.807, 2.05) is 22.6 Å². The van der Waals surface area contributed by atoms with Gasteiger partial charge in [0.05, 0.1) is 5.56 Å². The molecule has 2 rings (SSSR count). The van der Waals surface area contributed by atoms with Crippen LogP contribution in [0.3, 0.4) is 0 Å². The summed E-state index contributed by atoms with van der Waals surface area (Å²) < 4.78 is 40.4. The van der Waals surface area contributed by atoms with Gasteiger partial charge < -0.3 is 0 Å². The van der Waals surface area contributed by atoms with Gasteiger partial charge in [0.25, 0.3) is 0 Å². The van der Waals surface area contributed by atoms with Crippen LogP contribution in [0.5, 0.6) is 0 Å². The molecule has 18 heavy (non-hydrogen) atoms. The monoisotopic (exact) mass is 362 g/mol. The normalized spacial score (nSPS) is 10.4. The van der Waals surface area contributed by atoms with Gasteiger partial charge in [0.15, 0.2) is 5.78 Å². The Kier molecular flexibility index (Phi) is 3.70. The van der Waals surface area contributed by atoms with Crippen LogP contribution in [0.25, 0.3) is 0 Å². The summed E-state index contributed by atoms with van der Waals surface area (Å²) in [7, 11) is 0. The van der Waals surface area contributed by atoms with Crippen molar-refractivity contribution in [3.63, 3.8) is 0 Å². The molecule has 0 atom stereocenters. The number of carbonyl (C=O) groups excluding carboxylic acids is 1. The Labute approximate surface area is 115 Å². The highest BCUT2D eigenvalue weighted by Gasteiger charge is 2.20. The maximum Gasteiger partial charge on any atom is 0.198 e. The van der Waals surface area contributed by atoms with Crippen LogP contribution in [0.1, 0.15) is 15.9 Å². The number of hydrogen-bond acceptors (Lipinski definition) is 1. The zero-order valence-corrected chi connectivity index (χ0v) is 11.0. The number of hydrogen-bond donors (Lipinski definition) is 0. The molecule has 0 bridgehead atoms. The van der Waals surface area contributed by atoms with E-state index in [9.17, 15) is 18.0 Å². The fourth-order valence-electron chi connectivity index (χ4n) is 1.53. The van der Waals surface area contributed by atoms with E-state index < -0.39 is 28.8 Å². The van der Waals surface area contributed by atoms with Crippen molar-refractivity contribution in [2.45, 2.75) is 0 Å². The third-order valence-electron chi connectivity index (χ3n) is 2.32. The van der Waals surface area contributed by atoms with Crippen molar-refractivity contribution in [1.82, 2.24) is 0 Å². The summed E-state index contributed by atoms with van der Waals surface area (Å²) in [6, 6.07) is 7.29. The molecule has 0 N–H and O–H groups in total. The second kappa shape index (κ2) is 5.09. The van der Waals surface area contributed by atoms with Gasteiger partial charge in [0.2, 0.25) is 0 Å². The van der Waals surface area contributed by atoms with Gasteiger partial charge in [-0.15, -0.1) is 0 Å². The SMILES string of the molecule is O=C(c1cccc(I)c1)c1c(F)cc(F)cc1F. The van der Waals surface area contributed by atoms with Gasteiger partial charge in [-0.3, -0.25) is 4.79 Å². The Morgan fingerprint density at radius 1 is 1.00 bits per heavy atom. The first kappa shape index (κ1) is 13.1. The van der Waals surface area contributed by atoms with E-state index in [4.69, 9.17) is 0 Å². The highest BCUT2D eigenvalue weighted by molar-refractivity contribution is 14.1. The molecular weight excluding hydrogens is 356 g/mol. The van der Waals surface area contributed by atoms with Crippen LogP contribution < -0.4 is 0 Å². The molecule has 92 valence electrons. The molecule has 5 heteroatoms. The summed E-state index contributed by atoms with van der Waals surface area (Å²) in [4.78, 5) is 11.9. The molecule has 0 fully saturated rings. The largest absolute Gasteiger partial charge is 0.288 e. The molecule has 2 aromatic carbocycles. The summed E-state index contributed by atoms with van der Waals surface area (Å²) in [5, 5.41) is 0. The van der Waals surface area contributed by atoms with E-state index in [0.29, 0.717) is 12.1 Å². The molecule has 0 saturated heterocycles. The second-order valence-electron chi connectivity index (χ2n) is 3.58. The molecule has 0 aliphatic rings. The van der Waals surface area contributed by atoms with Gasteiger partial charge in [0, 0.05) is 21.3 Å². The van der Waals surface area contributed by atoms with Crippen LogP contribution in [-0.2, 0) is 0 Å². The lowest BCUT2D eigenvalue weighted by atomic mass is 10.0. The van der Waals surface area contributed by atoms with Crippen molar-refractivity contribution in [2.24, 2.45) is 0 Å². The van der Waals surface area contributed by atoms with Crippen molar-refractivity contribution in [1.29, 1.82) is 0 Å². The average Bonchev–Trinajstić information content (AvgIpc) is 2.27. The molecular formula is C13H6F3IO. The van der Waals surface area contributed by atoms with Gasteiger partial charge >= 0.3 is 0 Å². The van der Waals surface area contributed by atoms with E-state index in [-0.39, 0.29) is 5.56 Å². The first-order valence-electron chi connectivity index (χ1n) is 4.94. The first-order chi connectivity index (χ1) is 8.49. The standard InChI is InChI=1S/C13H6F3IO/c14-8-5-10(15)12(11(16)6-8)13(18)7-2-1-3-9(17)4-7/h1-6H. The van der Waals surface area contributed by atoms with Crippen LogP contribution in [0.2, 0.25) is 0 Å². The Balaban J connectivity index is 2.53. The fraction of sp³-hybridized carbons (Fsp3) is 0. The lowest BCUT2D eigenvalue weighted by molar-refractivity contribution is 0.103. The van der Waals surface area contributed by atoms with Crippen molar-refractivity contribution < 1.29 is 18.0 Å². The molecule has 0 unspecified atom stereocenters. The van der Waals surface area contributed by atoms with Crippen molar-refractivity contribution in [3.05, 3.63) is 68.5 Å². The maximum atomic E-state index is 13.4. The molecule has 0 radical (unpaired) electrons. The molecule has 0 aliphatic carbocycles. The summed E-state index contributed by atoms with van der Waals surface area (Å²) >= 11 is 1.98. The second-order valence-corrected chi connectivity index (χ2v) is 4.83. The van der Waals surface area contributed by atoms with Crippen molar-refractivity contribution in [2.75, 3.05) is 0 Å². The predicted octanol–water partition coefficient (Wildman–Crippen LogP) is 3.94. The van der Waals surface area contributed by atoms with Crippen LogP contribution in [0.4, 0.5) is 13.2 Å². The number of rotatable bonds is 2. The van der Waals surface area contributed by atoms with E-state index in [0.717, 1.165) is 3.57 Å². The quantitative estimate of drug-likeness (QED) is 0.584. The van der Waals surface area contributed by atoms with Gasteiger partial charge in [0.1, 0.15) is 17.5 Å². The Bertz CT molecular complexity index is 602. The van der Waals surface area contributed by atoms with Gasteiger partial charge in [-0.25, -0.2) is 13.2 Å². The maximum absolute atomic E-state index is 13.4. The molecule has 1 nitrogen and oxygen atoms in total. The minimum atomic E-state index is -1.20. The third kappa shape index (κ3) is 2.55. The van der Waals surface area contributed by atoms with Gasteiger partial charge in [-0.1, -0.05) is 12.1 Å². The van der Waals surface area contributed by atoms with Crippen LogP contribution in [0.15, 0.2) is 36.4 Å². The van der Waals surface area contributed by atoms with Gasteiger partial charge in [-0.05, 0) is 34.7 Å². The Hall–Kier alpha value is -1.37. The lowest BCUT2D eigenvalue weighted by Gasteiger charge is -2.05. The molecule has 0 amide bonds. The summed E-state index contributed by atoms with van der Waals surface area (Å²) in [6.45, 7) is 0. The average molecular weight is 362 g/mol. The minimum absolute atomic E-state index is 0.159. The topological polar surface area (TPSA) is 17.1 Å². The molecule has 0 spiro atoms. The lowest BCUT2D eigenvalue weighted by Crippen LogP contribution is -2.08. The Morgan fingerprint density at radius 2 is 1.61 bits per heavy atom. The minimum Gasteiger partial charge on any atom is -0.288 e. The summed E-state index contributed by atoms with van der Waals surface area (Å²) in [5.74, 6) is -4.25. The molecule has 2 aromatic rings. The molecule has 0 heterocycles. The highest BCUT2D eigenvalue weighted by atomic mass is 127. The smallest absolute Gasteiger partial charge is 0.198 e. The molecule has 0 aromatic heterocycles. The van der Waals surface area contributed by atoms with E-state index in [1.165, 1.54) is 12.1 Å². The van der Waals surface area contributed by atoms with Crippen LogP contribution >= 0.6 is 22.6 Å². The summed E-state index contributed by atoms with van der Waals surface area (Å²) in [5.41, 5.74) is -0.579. The number of ketones is 1. The molecule has 0 saturated carbocycles. The van der Waals surface area contributed by atoms with E-state index in [2.05, 4.69) is 0 Å². The number of carbonyl (C=O) groups is 1. The van der Waals surface area contributed by atoms with E-state index in [1.54, 1.807) is 12.1 Å². The van der Waals surface area contributed by atoms with E-state index >= 15 is 0 Å². The van der Waals surface area contributed by atoms with Crippen molar-refractivity contribution in [3.8, 4) is 0 Å². The predicted molar refractivity (Wildman–Crippen MR) is 68.9 cm³/mol. The zero-order valence-electron chi connectivity index (χ0n) is 8.88. The zero-order chi connectivity index (χ0) is 13.3. The number of halogens is 4. The van der Waals surface area contributed by atoms with Crippen molar-refractivity contribution >= 4 is 28.4 Å². The number of benzene rings is 2.